The molecule has 0 aromatic heterocycles. The topological polar surface area (TPSA) is 52.3 Å². The Bertz CT molecular complexity index is 643. The Morgan fingerprint density at radius 2 is 1.84 bits per heavy atom. The molecule has 2 aromatic carbocycles. The van der Waals surface area contributed by atoms with Gasteiger partial charge in [0.2, 0.25) is 0 Å². The van der Waals surface area contributed by atoms with Crippen LogP contribution < -0.4 is 10.5 Å². The maximum atomic E-state index is 13.4. The summed E-state index contributed by atoms with van der Waals surface area (Å²) in [5.41, 5.74) is 6.46. The average molecular weight is 324 g/mol. The molecular weight excluding hydrogens is 313 g/mol. The third kappa shape index (κ3) is 3.12. The van der Waals surface area contributed by atoms with Crippen molar-refractivity contribution in [3.05, 3.63) is 52.3 Å². The summed E-state index contributed by atoms with van der Waals surface area (Å²) in [7, 11) is 0. The Balaban J connectivity index is 2.30. The zero-order chi connectivity index (χ0) is 14.0. The molecule has 0 aliphatic heterocycles. The second-order valence-corrected chi connectivity index (χ2v) is 4.84. The number of nitrogen functional groups attached to an aromatic ring is 1. The molecule has 0 fully saturated rings. The van der Waals surface area contributed by atoms with Crippen molar-refractivity contribution >= 4 is 27.4 Å². The van der Waals surface area contributed by atoms with Crippen molar-refractivity contribution in [3.8, 4) is 11.5 Å². The molecule has 0 heterocycles. The minimum Gasteiger partial charge on any atom is -0.457 e. The number of hydrogen-bond donors (Lipinski definition) is 1. The maximum Gasteiger partial charge on any atom is 0.162 e. The summed E-state index contributed by atoms with van der Waals surface area (Å²) in [5.74, 6) is 0.214. The quantitative estimate of drug-likeness (QED) is 0.681. The van der Waals surface area contributed by atoms with E-state index in [0.29, 0.717) is 27.2 Å². The molecule has 0 spiro atoms. The molecule has 0 aliphatic rings. The molecule has 5 heteroatoms. The van der Waals surface area contributed by atoms with Gasteiger partial charge in [0, 0.05) is 17.3 Å². The van der Waals surface area contributed by atoms with Crippen LogP contribution in [0.3, 0.4) is 0 Å². The van der Waals surface area contributed by atoms with E-state index in [9.17, 15) is 9.18 Å². The molecule has 2 rings (SSSR count). The Morgan fingerprint density at radius 1 is 1.21 bits per heavy atom. The van der Waals surface area contributed by atoms with Gasteiger partial charge in [-0.05, 0) is 53.2 Å². The van der Waals surface area contributed by atoms with Gasteiger partial charge in [-0.25, -0.2) is 4.39 Å². The summed E-state index contributed by atoms with van der Waals surface area (Å²) >= 11 is 3.06. The average Bonchev–Trinajstić information content (AvgIpc) is 2.36. The van der Waals surface area contributed by atoms with Crippen LogP contribution in [0.5, 0.6) is 11.5 Å². The van der Waals surface area contributed by atoms with Crippen LogP contribution >= 0.6 is 15.9 Å². The minimum atomic E-state index is -0.417. The van der Waals surface area contributed by atoms with Crippen LogP contribution in [0.1, 0.15) is 17.3 Å². The van der Waals surface area contributed by atoms with Crippen molar-refractivity contribution in [2.24, 2.45) is 0 Å². The summed E-state index contributed by atoms with van der Waals surface area (Å²) in [5, 5.41) is 0. The highest BCUT2D eigenvalue weighted by molar-refractivity contribution is 9.10. The molecule has 2 N–H and O–H groups in total. The van der Waals surface area contributed by atoms with Crippen molar-refractivity contribution in [2.45, 2.75) is 6.92 Å². The fourth-order valence-electron chi connectivity index (χ4n) is 1.58. The lowest BCUT2D eigenvalue weighted by atomic mass is 10.1. The lowest BCUT2D eigenvalue weighted by Crippen LogP contribution is -1.99. The molecule has 19 heavy (non-hydrogen) atoms. The van der Waals surface area contributed by atoms with Gasteiger partial charge in [0.15, 0.2) is 5.78 Å². The zero-order valence-corrected chi connectivity index (χ0v) is 11.7. The second kappa shape index (κ2) is 5.40. The SMILES string of the molecule is CC(=O)c1cc(Oc2ccc(Br)c(F)c2)ccc1N. The van der Waals surface area contributed by atoms with Crippen LogP contribution in [0.4, 0.5) is 10.1 Å². The summed E-state index contributed by atoms with van der Waals surface area (Å²) in [4.78, 5) is 11.4. The summed E-state index contributed by atoms with van der Waals surface area (Å²) in [6, 6.07) is 9.18. The first-order valence-corrected chi connectivity index (χ1v) is 6.30. The van der Waals surface area contributed by atoms with Crippen LogP contribution in [0.25, 0.3) is 0 Å². The number of carbonyl (C=O) groups excluding carboxylic acids is 1. The van der Waals surface area contributed by atoms with Gasteiger partial charge < -0.3 is 10.5 Å². The van der Waals surface area contributed by atoms with E-state index in [1.54, 1.807) is 24.3 Å². The Morgan fingerprint density at radius 3 is 2.47 bits per heavy atom. The molecule has 0 bridgehead atoms. The molecule has 0 aliphatic carbocycles. The molecule has 98 valence electrons. The first-order chi connectivity index (χ1) is 8.97. The van der Waals surface area contributed by atoms with Crippen LogP contribution in [-0.2, 0) is 0 Å². The van der Waals surface area contributed by atoms with Crippen molar-refractivity contribution < 1.29 is 13.9 Å². The Hall–Kier alpha value is -1.88. The van der Waals surface area contributed by atoms with E-state index in [-0.39, 0.29) is 5.78 Å². The first-order valence-electron chi connectivity index (χ1n) is 5.51. The molecular formula is C14H11BrFNO2. The largest absolute Gasteiger partial charge is 0.457 e. The summed E-state index contributed by atoms with van der Waals surface area (Å²) < 4.78 is 19.2. The summed E-state index contributed by atoms with van der Waals surface area (Å²) in [6.45, 7) is 1.43. The number of ketones is 1. The van der Waals surface area contributed by atoms with Gasteiger partial charge in [-0.2, -0.15) is 0 Å². The second-order valence-electron chi connectivity index (χ2n) is 3.98. The van der Waals surface area contributed by atoms with E-state index in [1.807, 2.05) is 0 Å². The number of ether oxygens (including phenoxy) is 1. The number of rotatable bonds is 3. The number of anilines is 1. The molecule has 3 nitrogen and oxygen atoms in total. The highest BCUT2D eigenvalue weighted by atomic mass is 79.9. The van der Waals surface area contributed by atoms with Crippen molar-refractivity contribution in [3.63, 3.8) is 0 Å². The van der Waals surface area contributed by atoms with E-state index in [1.165, 1.54) is 19.1 Å². The van der Waals surface area contributed by atoms with Gasteiger partial charge in [0.05, 0.1) is 4.47 Å². The lowest BCUT2D eigenvalue weighted by Gasteiger charge is -2.09. The number of hydrogen-bond acceptors (Lipinski definition) is 3. The molecule has 2 aromatic rings. The van der Waals surface area contributed by atoms with Crippen LogP contribution in [-0.4, -0.2) is 5.78 Å². The highest BCUT2D eigenvalue weighted by Gasteiger charge is 2.08. The molecule has 0 amide bonds. The number of nitrogens with two attached hydrogens (primary N) is 1. The van der Waals surface area contributed by atoms with Gasteiger partial charge in [0.25, 0.3) is 0 Å². The standard InChI is InChI=1S/C14H11BrFNO2/c1-8(18)11-6-9(3-5-14(11)17)19-10-2-4-12(15)13(16)7-10/h2-7H,17H2,1H3. The van der Waals surface area contributed by atoms with E-state index in [2.05, 4.69) is 15.9 Å². The fourth-order valence-corrected chi connectivity index (χ4v) is 1.83. The van der Waals surface area contributed by atoms with E-state index in [0.717, 1.165) is 0 Å². The fraction of sp³-hybridized carbons (Fsp3) is 0.0714. The number of carbonyl (C=O) groups is 1. The van der Waals surface area contributed by atoms with Gasteiger partial charge in [0.1, 0.15) is 17.3 Å². The Labute approximate surface area is 118 Å². The smallest absolute Gasteiger partial charge is 0.162 e. The molecule has 0 radical (unpaired) electrons. The van der Waals surface area contributed by atoms with Gasteiger partial charge in [-0.1, -0.05) is 0 Å². The normalized spacial score (nSPS) is 10.3. The van der Waals surface area contributed by atoms with Gasteiger partial charge in [-0.15, -0.1) is 0 Å². The third-order valence-corrected chi connectivity index (χ3v) is 3.17. The summed E-state index contributed by atoms with van der Waals surface area (Å²) in [6.07, 6.45) is 0. The lowest BCUT2D eigenvalue weighted by molar-refractivity contribution is 0.101. The highest BCUT2D eigenvalue weighted by Crippen LogP contribution is 2.28. The van der Waals surface area contributed by atoms with Crippen LogP contribution in [0.2, 0.25) is 0 Å². The molecule has 0 saturated carbocycles. The van der Waals surface area contributed by atoms with Gasteiger partial charge in [-0.3, -0.25) is 4.79 Å². The molecule has 0 unspecified atom stereocenters. The van der Waals surface area contributed by atoms with E-state index < -0.39 is 5.82 Å². The number of Topliss-reactive ketones (excluding diaryl/α,β-unsaturated/α-hetero) is 1. The number of benzene rings is 2. The number of halogens is 2. The van der Waals surface area contributed by atoms with Crippen molar-refractivity contribution in [1.82, 2.24) is 0 Å². The first kappa shape index (κ1) is 13.5. The third-order valence-electron chi connectivity index (χ3n) is 2.53. The molecule has 0 saturated heterocycles. The van der Waals surface area contributed by atoms with Crippen molar-refractivity contribution in [1.29, 1.82) is 0 Å². The predicted octanol–water partition coefficient (Wildman–Crippen LogP) is 4.17. The van der Waals surface area contributed by atoms with Crippen molar-refractivity contribution in [2.75, 3.05) is 5.73 Å². The zero-order valence-electron chi connectivity index (χ0n) is 10.1. The van der Waals surface area contributed by atoms with Gasteiger partial charge >= 0.3 is 0 Å². The van der Waals surface area contributed by atoms with Crippen LogP contribution in [0.15, 0.2) is 40.9 Å². The Kier molecular flexibility index (Phi) is 3.85. The maximum absolute atomic E-state index is 13.4. The monoisotopic (exact) mass is 323 g/mol. The predicted molar refractivity (Wildman–Crippen MR) is 75.0 cm³/mol. The van der Waals surface area contributed by atoms with E-state index >= 15 is 0 Å². The van der Waals surface area contributed by atoms with Crippen LogP contribution in [0, 0.1) is 5.82 Å². The minimum absolute atomic E-state index is 0.148. The van der Waals surface area contributed by atoms with E-state index in [4.69, 9.17) is 10.5 Å². The molecule has 0 atom stereocenters.